The van der Waals surface area contributed by atoms with Crippen LogP contribution in [0.4, 0.5) is 0 Å². The Kier molecular flexibility index (Phi) is 11.9. The van der Waals surface area contributed by atoms with Gasteiger partial charge >= 0.3 is 0 Å². The van der Waals surface area contributed by atoms with Crippen LogP contribution in [0.15, 0.2) is 60.6 Å². The van der Waals surface area contributed by atoms with Crippen LogP contribution >= 0.6 is 23.2 Å². The summed E-state index contributed by atoms with van der Waals surface area (Å²) in [6.07, 6.45) is 7.97. The van der Waals surface area contributed by atoms with Crippen LogP contribution in [0.25, 0.3) is 33.6 Å². The van der Waals surface area contributed by atoms with Crippen molar-refractivity contribution < 1.29 is 14.3 Å². The first kappa shape index (κ1) is 34.7. The zero-order valence-corrected chi connectivity index (χ0v) is 28.2. The van der Waals surface area contributed by atoms with Crippen LogP contribution in [-0.4, -0.2) is 65.4 Å². The van der Waals surface area contributed by atoms with Crippen molar-refractivity contribution in [1.82, 2.24) is 35.9 Å². The van der Waals surface area contributed by atoms with Crippen LogP contribution in [0.1, 0.15) is 30.7 Å². The molecule has 1 atom stereocenters. The summed E-state index contributed by atoms with van der Waals surface area (Å²) in [7, 11) is 3.09. The molecule has 2 aromatic heterocycles. The molecule has 14 heteroatoms. The van der Waals surface area contributed by atoms with Gasteiger partial charge in [-0.3, -0.25) is 14.8 Å². The topological polar surface area (TPSA) is 173 Å². The first-order valence-corrected chi connectivity index (χ1v) is 16.1. The minimum absolute atomic E-state index is 0.0789. The molecule has 1 fully saturated rings. The molecule has 1 saturated heterocycles. The highest BCUT2D eigenvalue weighted by Gasteiger charge is 2.21. The summed E-state index contributed by atoms with van der Waals surface area (Å²) >= 11 is 14.1. The van der Waals surface area contributed by atoms with Gasteiger partial charge in [0, 0.05) is 60.6 Å². The van der Waals surface area contributed by atoms with Crippen molar-refractivity contribution in [3.63, 3.8) is 0 Å². The first-order chi connectivity index (χ1) is 23.4. The molecule has 1 aliphatic heterocycles. The third kappa shape index (κ3) is 8.08. The maximum Gasteiger partial charge on any atom is 0.237 e. The Balaban J connectivity index is 1.35. The number of nitrogens with two attached hydrogens (primary N) is 1. The lowest BCUT2D eigenvalue weighted by molar-refractivity contribution is -0.119. The number of benzene rings is 2. The highest BCUT2D eigenvalue weighted by Crippen LogP contribution is 2.42. The van der Waals surface area contributed by atoms with Gasteiger partial charge in [-0.2, -0.15) is 0 Å². The molecule has 48 heavy (non-hydrogen) atoms. The van der Waals surface area contributed by atoms with E-state index >= 15 is 0 Å². The molecule has 0 radical (unpaired) electrons. The SMILES string of the molecule is COc1nc(-c2cccc(-c3cccc(-c4cnc(CNCC5CCC(=O)N5)c(OC)n4)c3Cl)c2Cl)cnc1CNCC/C(C=N)=C/N. The fourth-order valence-corrected chi connectivity index (χ4v) is 5.99. The van der Waals surface area contributed by atoms with Crippen molar-refractivity contribution >= 4 is 35.3 Å². The number of hydrogen-bond donors (Lipinski definition) is 5. The lowest BCUT2D eigenvalue weighted by Gasteiger charge is -2.15. The number of nitrogens with one attached hydrogen (secondary N) is 4. The van der Waals surface area contributed by atoms with Gasteiger partial charge in [-0.1, -0.05) is 59.6 Å². The van der Waals surface area contributed by atoms with Gasteiger partial charge in [-0.25, -0.2) is 9.97 Å². The highest BCUT2D eigenvalue weighted by atomic mass is 35.5. The summed E-state index contributed by atoms with van der Waals surface area (Å²) in [6, 6.07) is 11.4. The van der Waals surface area contributed by atoms with Gasteiger partial charge in [0.05, 0.1) is 48.0 Å². The second-order valence-electron chi connectivity index (χ2n) is 11.0. The molecule has 12 nitrogen and oxygen atoms in total. The fraction of sp³-hybridized carbons (Fsp3) is 0.294. The van der Waals surface area contributed by atoms with E-state index in [1.807, 2.05) is 36.4 Å². The lowest BCUT2D eigenvalue weighted by Crippen LogP contribution is -2.35. The molecular weight excluding hydrogens is 653 g/mol. The summed E-state index contributed by atoms with van der Waals surface area (Å²) in [6.45, 7) is 2.10. The van der Waals surface area contributed by atoms with Gasteiger partial charge in [-0.15, -0.1) is 0 Å². The van der Waals surface area contributed by atoms with Crippen LogP contribution in [0.3, 0.4) is 0 Å². The number of methoxy groups -OCH3 is 2. The van der Waals surface area contributed by atoms with Gasteiger partial charge in [0.1, 0.15) is 11.4 Å². The molecule has 4 aromatic rings. The Bertz CT molecular complexity index is 1820. The Labute approximate surface area is 289 Å². The Morgan fingerprint density at radius 1 is 0.938 bits per heavy atom. The van der Waals surface area contributed by atoms with Crippen LogP contribution < -0.4 is 31.2 Å². The molecular formula is C34H37Cl2N9O3. The van der Waals surface area contributed by atoms with Gasteiger partial charge < -0.3 is 36.6 Å². The van der Waals surface area contributed by atoms with Crippen molar-refractivity contribution in [2.45, 2.75) is 38.4 Å². The van der Waals surface area contributed by atoms with Crippen molar-refractivity contribution in [3.05, 3.63) is 82.0 Å². The molecule has 0 saturated carbocycles. The predicted molar refractivity (Wildman–Crippen MR) is 187 cm³/mol. The number of rotatable bonds is 15. The molecule has 250 valence electrons. The zero-order chi connectivity index (χ0) is 34.0. The van der Waals surface area contributed by atoms with Crippen molar-refractivity contribution in [2.24, 2.45) is 5.73 Å². The third-order valence-electron chi connectivity index (χ3n) is 7.90. The van der Waals surface area contributed by atoms with E-state index in [0.29, 0.717) is 106 Å². The number of carbonyl (C=O) groups is 1. The molecule has 1 unspecified atom stereocenters. The van der Waals surface area contributed by atoms with Gasteiger partial charge in [0.25, 0.3) is 0 Å². The quantitative estimate of drug-likeness (QED) is 0.0851. The lowest BCUT2D eigenvalue weighted by atomic mass is 9.98. The standard InChI is InChI=1S/C34H37Cl2N9O3/c1-47-33-28(16-39-12-11-20(13-37)14-38)41-18-26(44-33)24-7-3-5-22(31(24)35)23-6-4-8-25(32(23)36)27-19-42-29(34(45-27)48-2)17-40-15-21-9-10-30(46)43-21/h3-8,13-14,18-19,21,37,39-40H,9-12,15-17,38H2,1-2H3,(H,43,46)/b20-14-,37-13?. The average Bonchev–Trinajstić information content (AvgIpc) is 3.53. The maximum atomic E-state index is 11.5. The molecule has 0 aliphatic carbocycles. The molecule has 0 spiro atoms. The number of nitrogens with zero attached hydrogens (tertiary/aromatic N) is 4. The molecule has 6 N–H and O–H groups in total. The molecule has 3 heterocycles. The minimum atomic E-state index is 0.0789. The molecule has 1 amide bonds. The smallest absolute Gasteiger partial charge is 0.237 e. The summed E-state index contributed by atoms with van der Waals surface area (Å²) in [5.74, 6) is 0.835. The van der Waals surface area contributed by atoms with Gasteiger partial charge in [-0.05, 0) is 31.2 Å². The van der Waals surface area contributed by atoms with Crippen LogP contribution in [0.5, 0.6) is 11.8 Å². The number of amides is 1. The number of aromatic nitrogens is 4. The van der Waals surface area contributed by atoms with Crippen molar-refractivity contribution in [3.8, 4) is 45.4 Å². The number of halogens is 2. The molecule has 1 aliphatic rings. The zero-order valence-electron chi connectivity index (χ0n) is 26.6. The average molecular weight is 691 g/mol. The summed E-state index contributed by atoms with van der Waals surface area (Å²) in [4.78, 5) is 30.1. The molecule has 5 rings (SSSR count). The summed E-state index contributed by atoms with van der Waals surface area (Å²) < 4.78 is 11.1. The van der Waals surface area contributed by atoms with Gasteiger partial charge in [0.2, 0.25) is 17.7 Å². The van der Waals surface area contributed by atoms with E-state index in [2.05, 4.69) is 25.9 Å². The van der Waals surface area contributed by atoms with E-state index in [-0.39, 0.29) is 11.9 Å². The van der Waals surface area contributed by atoms with Crippen LogP contribution in [0.2, 0.25) is 10.0 Å². The fourth-order valence-electron chi connectivity index (χ4n) is 5.34. The first-order valence-electron chi connectivity index (χ1n) is 15.4. The second kappa shape index (κ2) is 16.5. The largest absolute Gasteiger partial charge is 0.480 e. The third-order valence-corrected chi connectivity index (χ3v) is 8.71. The Morgan fingerprint density at radius 2 is 1.48 bits per heavy atom. The monoisotopic (exact) mass is 689 g/mol. The number of carbonyl (C=O) groups excluding carboxylic acids is 1. The van der Waals surface area contributed by atoms with Crippen molar-refractivity contribution in [2.75, 3.05) is 27.3 Å². The Hall–Kier alpha value is -4.62. The summed E-state index contributed by atoms with van der Waals surface area (Å²) in [5.41, 5.74) is 11.4. The second-order valence-corrected chi connectivity index (χ2v) is 11.8. The van der Waals surface area contributed by atoms with Crippen molar-refractivity contribution in [1.29, 1.82) is 5.41 Å². The van der Waals surface area contributed by atoms with E-state index in [0.717, 1.165) is 12.0 Å². The highest BCUT2D eigenvalue weighted by molar-refractivity contribution is 6.39. The predicted octanol–water partition coefficient (Wildman–Crippen LogP) is 4.93. The number of hydrogen-bond acceptors (Lipinski definition) is 11. The number of ether oxygens (including phenoxy) is 2. The van der Waals surface area contributed by atoms with E-state index in [9.17, 15) is 4.79 Å². The van der Waals surface area contributed by atoms with E-state index < -0.39 is 0 Å². The summed E-state index contributed by atoms with van der Waals surface area (Å²) in [5, 5.41) is 17.8. The van der Waals surface area contributed by atoms with E-state index in [1.165, 1.54) is 12.4 Å². The van der Waals surface area contributed by atoms with E-state index in [4.69, 9.17) is 53.8 Å². The minimum Gasteiger partial charge on any atom is -0.480 e. The maximum absolute atomic E-state index is 11.5. The normalized spacial score (nSPS) is 14.5. The van der Waals surface area contributed by atoms with Gasteiger partial charge in [0.15, 0.2) is 0 Å². The Morgan fingerprint density at radius 3 is 1.96 bits per heavy atom. The van der Waals surface area contributed by atoms with E-state index in [1.54, 1.807) is 26.6 Å². The molecule has 2 aromatic carbocycles. The van der Waals surface area contributed by atoms with Crippen LogP contribution in [-0.2, 0) is 17.9 Å². The molecule has 0 bridgehead atoms. The van der Waals surface area contributed by atoms with Crippen LogP contribution in [0, 0.1) is 5.41 Å².